The van der Waals surface area contributed by atoms with Crippen molar-refractivity contribution in [3.8, 4) is 5.75 Å². The van der Waals surface area contributed by atoms with Crippen LogP contribution in [0.4, 0.5) is 0 Å². The number of hydrogen-bond acceptors (Lipinski definition) is 4. The Hall–Kier alpha value is -2.05. The number of aliphatic hydroxyl groups excluding tert-OH is 1. The fraction of sp³-hybridized carbons (Fsp3) is 0.471. The van der Waals surface area contributed by atoms with Crippen molar-refractivity contribution in [3.63, 3.8) is 0 Å². The number of aromatic amines is 1. The van der Waals surface area contributed by atoms with Crippen LogP contribution in [-0.4, -0.2) is 58.9 Å². The number of ether oxygens (including phenoxy) is 1. The van der Waals surface area contributed by atoms with Gasteiger partial charge in [0.2, 0.25) is 0 Å². The van der Waals surface area contributed by atoms with E-state index in [2.05, 4.69) is 9.88 Å². The number of carboxylic acid groups (broad SMARTS) is 1. The number of carboxylic acids is 1. The normalized spacial score (nSPS) is 18.6. The molecule has 1 aromatic carbocycles. The molecule has 1 aliphatic rings. The summed E-state index contributed by atoms with van der Waals surface area (Å²) in [6.45, 7) is 5.28. The third kappa shape index (κ3) is 3.33. The molecule has 1 atom stereocenters. The zero-order valence-corrected chi connectivity index (χ0v) is 13.2. The fourth-order valence-electron chi connectivity index (χ4n) is 3.23. The van der Waals surface area contributed by atoms with Gasteiger partial charge in [0.05, 0.1) is 5.56 Å². The molecule has 6 heteroatoms. The lowest BCUT2D eigenvalue weighted by atomic mass is 10.1. The monoisotopic (exact) mass is 318 g/mol. The van der Waals surface area contributed by atoms with Gasteiger partial charge in [-0.1, -0.05) is 0 Å². The summed E-state index contributed by atoms with van der Waals surface area (Å²) in [4.78, 5) is 16.7. The summed E-state index contributed by atoms with van der Waals surface area (Å²) in [5.41, 5.74) is 1.75. The van der Waals surface area contributed by atoms with Crippen molar-refractivity contribution in [2.24, 2.45) is 5.92 Å². The Labute approximate surface area is 134 Å². The first-order valence-electron chi connectivity index (χ1n) is 7.90. The summed E-state index contributed by atoms with van der Waals surface area (Å²) in [6, 6.07) is 5.48. The highest BCUT2D eigenvalue weighted by Gasteiger charge is 2.21. The van der Waals surface area contributed by atoms with E-state index in [4.69, 9.17) is 9.84 Å². The molecule has 0 amide bonds. The van der Waals surface area contributed by atoms with Gasteiger partial charge < -0.3 is 19.9 Å². The van der Waals surface area contributed by atoms with Crippen LogP contribution in [0.2, 0.25) is 0 Å². The topological polar surface area (TPSA) is 85.8 Å². The lowest BCUT2D eigenvalue weighted by Crippen LogP contribution is -2.26. The van der Waals surface area contributed by atoms with Crippen molar-refractivity contribution in [2.45, 2.75) is 13.3 Å². The van der Waals surface area contributed by atoms with Crippen molar-refractivity contribution < 1.29 is 19.7 Å². The third-order valence-corrected chi connectivity index (χ3v) is 4.48. The zero-order chi connectivity index (χ0) is 16.4. The Balaban J connectivity index is 1.64. The minimum absolute atomic E-state index is 0.249. The Kier molecular flexibility index (Phi) is 4.54. The molecule has 2 heterocycles. The molecular weight excluding hydrogens is 296 g/mol. The Morgan fingerprint density at radius 3 is 3.00 bits per heavy atom. The van der Waals surface area contributed by atoms with Crippen LogP contribution in [0.15, 0.2) is 18.2 Å². The molecule has 1 saturated heterocycles. The van der Waals surface area contributed by atoms with Crippen molar-refractivity contribution in [3.05, 3.63) is 29.5 Å². The van der Waals surface area contributed by atoms with Crippen molar-refractivity contribution >= 4 is 16.9 Å². The first-order valence-corrected chi connectivity index (χ1v) is 7.90. The van der Waals surface area contributed by atoms with E-state index >= 15 is 0 Å². The number of aryl methyl sites for hydroxylation is 1. The van der Waals surface area contributed by atoms with Gasteiger partial charge in [-0.25, -0.2) is 4.79 Å². The van der Waals surface area contributed by atoms with Crippen LogP contribution in [0, 0.1) is 12.8 Å². The quantitative estimate of drug-likeness (QED) is 0.757. The smallest absolute Gasteiger partial charge is 0.338 e. The molecule has 2 aromatic rings. The van der Waals surface area contributed by atoms with Crippen LogP contribution in [0.5, 0.6) is 5.75 Å². The molecule has 6 nitrogen and oxygen atoms in total. The van der Waals surface area contributed by atoms with Crippen molar-refractivity contribution in [1.29, 1.82) is 0 Å². The number of hydrogen-bond donors (Lipinski definition) is 3. The molecule has 0 aliphatic carbocycles. The molecule has 1 fully saturated rings. The summed E-state index contributed by atoms with van der Waals surface area (Å²) >= 11 is 0. The lowest BCUT2D eigenvalue weighted by Gasteiger charge is -2.16. The number of rotatable bonds is 6. The van der Waals surface area contributed by atoms with Gasteiger partial charge in [0.15, 0.2) is 0 Å². The van der Waals surface area contributed by atoms with Crippen LogP contribution in [0.3, 0.4) is 0 Å². The van der Waals surface area contributed by atoms with Crippen LogP contribution in [-0.2, 0) is 0 Å². The summed E-state index contributed by atoms with van der Waals surface area (Å²) < 4.78 is 5.78. The van der Waals surface area contributed by atoms with E-state index < -0.39 is 5.97 Å². The molecule has 23 heavy (non-hydrogen) atoms. The number of H-pyrrole nitrogens is 1. The molecule has 0 spiro atoms. The van der Waals surface area contributed by atoms with Gasteiger partial charge in [0.1, 0.15) is 12.4 Å². The average Bonchev–Trinajstić information content (AvgIpc) is 3.10. The molecular formula is C17H22N2O4. The van der Waals surface area contributed by atoms with Crippen LogP contribution in [0.1, 0.15) is 22.5 Å². The van der Waals surface area contributed by atoms with E-state index in [-0.39, 0.29) is 6.61 Å². The van der Waals surface area contributed by atoms with Gasteiger partial charge in [-0.3, -0.25) is 4.90 Å². The van der Waals surface area contributed by atoms with E-state index in [0.29, 0.717) is 34.9 Å². The first-order chi connectivity index (χ1) is 11.1. The Bertz CT molecular complexity index is 710. The number of nitrogens with zero attached hydrogens (tertiary/aromatic N) is 1. The van der Waals surface area contributed by atoms with E-state index in [1.165, 1.54) is 0 Å². The summed E-state index contributed by atoms with van der Waals surface area (Å²) in [5, 5.41) is 19.2. The predicted molar refractivity (Wildman–Crippen MR) is 87.1 cm³/mol. The van der Waals surface area contributed by atoms with Gasteiger partial charge in [0.25, 0.3) is 0 Å². The number of likely N-dealkylation sites (tertiary alicyclic amines) is 1. The SMILES string of the molecule is Cc1[nH]c2ccc(OCCN3CC[C@H](CO)C3)cc2c1C(=O)O. The molecule has 0 radical (unpaired) electrons. The van der Waals surface area contributed by atoms with E-state index in [0.717, 1.165) is 31.6 Å². The summed E-state index contributed by atoms with van der Waals surface area (Å²) in [7, 11) is 0. The second-order valence-corrected chi connectivity index (χ2v) is 6.12. The first kappa shape index (κ1) is 15.8. The maximum Gasteiger partial charge on any atom is 0.338 e. The highest BCUT2D eigenvalue weighted by Crippen LogP contribution is 2.26. The van der Waals surface area contributed by atoms with Crippen molar-refractivity contribution in [2.75, 3.05) is 32.8 Å². The molecule has 0 unspecified atom stereocenters. The Morgan fingerprint density at radius 1 is 1.48 bits per heavy atom. The standard InChI is InChI=1S/C17H22N2O4/c1-11-16(17(21)22)14-8-13(2-3-15(14)18-11)23-7-6-19-5-4-12(9-19)10-20/h2-3,8,12,18,20H,4-7,9-10H2,1H3,(H,21,22)/t12-/m0/s1. The number of fused-ring (bicyclic) bond motifs is 1. The molecule has 1 aliphatic heterocycles. The molecule has 0 saturated carbocycles. The number of nitrogens with one attached hydrogen (secondary N) is 1. The summed E-state index contributed by atoms with van der Waals surface area (Å²) in [6.07, 6.45) is 1.03. The maximum atomic E-state index is 11.4. The van der Waals surface area contributed by atoms with Crippen LogP contribution in [0.25, 0.3) is 10.9 Å². The second kappa shape index (κ2) is 6.60. The largest absolute Gasteiger partial charge is 0.492 e. The van der Waals surface area contributed by atoms with Gasteiger partial charge in [-0.15, -0.1) is 0 Å². The van der Waals surface area contributed by atoms with E-state index in [1.807, 2.05) is 12.1 Å². The Morgan fingerprint density at radius 2 is 2.30 bits per heavy atom. The number of carbonyl (C=O) groups is 1. The minimum atomic E-state index is -0.932. The van der Waals surface area contributed by atoms with Crippen molar-refractivity contribution in [1.82, 2.24) is 9.88 Å². The second-order valence-electron chi connectivity index (χ2n) is 6.12. The molecule has 0 bridgehead atoms. The lowest BCUT2D eigenvalue weighted by molar-refractivity contribution is 0.0698. The van der Waals surface area contributed by atoms with Gasteiger partial charge in [-0.2, -0.15) is 0 Å². The van der Waals surface area contributed by atoms with Gasteiger partial charge >= 0.3 is 5.97 Å². The van der Waals surface area contributed by atoms with Crippen LogP contribution >= 0.6 is 0 Å². The molecule has 3 rings (SSSR count). The highest BCUT2D eigenvalue weighted by atomic mass is 16.5. The molecule has 124 valence electrons. The predicted octanol–water partition coefficient (Wildman–Crippen LogP) is 1.87. The van der Waals surface area contributed by atoms with E-state index in [1.54, 1.807) is 13.0 Å². The van der Waals surface area contributed by atoms with E-state index in [9.17, 15) is 9.90 Å². The van der Waals surface area contributed by atoms with Gasteiger partial charge in [0, 0.05) is 36.3 Å². The third-order valence-electron chi connectivity index (χ3n) is 4.48. The summed E-state index contributed by atoms with van der Waals surface area (Å²) in [5.74, 6) is 0.127. The number of aliphatic hydroxyl groups is 1. The number of benzene rings is 1. The molecule has 3 N–H and O–H groups in total. The minimum Gasteiger partial charge on any atom is -0.492 e. The zero-order valence-electron chi connectivity index (χ0n) is 13.2. The highest BCUT2D eigenvalue weighted by molar-refractivity contribution is 6.05. The number of aromatic carboxylic acids is 1. The van der Waals surface area contributed by atoms with Gasteiger partial charge in [-0.05, 0) is 44.0 Å². The number of aromatic nitrogens is 1. The fourth-order valence-corrected chi connectivity index (χ4v) is 3.23. The molecule has 1 aromatic heterocycles. The maximum absolute atomic E-state index is 11.4. The average molecular weight is 318 g/mol. The van der Waals surface area contributed by atoms with Crippen LogP contribution < -0.4 is 4.74 Å².